The number of hydrogen-bond donors (Lipinski definition) is 2. The average molecular weight is 471 g/mol. The Balaban J connectivity index is 1.54. The molecule has 0 heterocycles. The minimum atomic E-state index is -0.709. The minimum Gasteiger partial charge on any atom is -0.504 e. The van der Waals surface area contributed by atoms with Gasteiger partial charge in [0.05, 0.1) is 10.8 Å². The Morgan fingerprint density at radius 3 is 2.26 bits per heavy atom. The van der Waals surface area contributed by atoms with Crippen LogP contribution < -0.4 is 0 Å². The first-order chi connectivity index (χ1) is 15.8. The van der Waals surface area contributed by atoms with Crippen LogP contribution in [0.15, 0.2) is 11.3 Å². The summed E-state index contributed by atoms with van der Waals surface area (Å²) in [5.74, 6) is 0.00595. The SMILES string of the molecule is CC1=C(O)C(=O)C[C@@H]2[C@@H]3CC[C@@]4(C)[C@@H]5C[C@](C)(C(=O)O)CC[C@]5(C)CC[C@]4(C)[C@H]3CC[C@]12C=O. The highest BCUT2D eigenvalue weighted by Gasteiger charge is 2.69. The number of fused-ring (bicyclic) bond motifs is 7. The predicted molar refractivity (Wildman–Crippen MR) is 129 cm³/mol. The Hall–Kier alpha value is -1.65. The third-order valence-electron chi connectivity index (χ3n) is 12.9. The van der Waals surface area contributed by atoms with Gasteiger partial charge in [0.1, 0.15) is 6.29 Å². The molecule has 2 N–H and O–H groups in total. The quantitative estimate of drug-likeness (QED) is 0.475. The van der Waals surface area contributed by atoms with E-state index >= 15 is 0 Å². The molecule has 0 bridgehead atoms. The lowest BCUT2D eigenvalue weighted by Gasteiger charge is -2.71. The van der Waals surface area contributed by atoms with Crippen LogP contribution in [0.25, 0.3) is 0 Å². The van der Waals surface area contributed by atoms with Crippen LogP contribution in [0.4, 0.5) is 0 Å². The number of hydrogen-bond acceptors (Lipinski definition) is 4. The number of Topliss-reactive ketones (excluding diaryl/α,β-unsaturated/α-hetero) is 1. The number of aliphatic carboxylic acids is 1. The number of ketones is 1. The van der Waals surface area contributed by atoms with E-state index in [0.29, 0.717) is 29.7 Å². The van der Waals surface area contributed by atoms with Gasteiger partial charge in [-0.15, -0.1) is 0 Å². The third-order valence-corrected chi connectivity index (χ3v) is 12.9. The number of carbonyl (C=O) groups is 3. The summed E-state index contributed by atoms with van der Waals surface area (Å²) in [4.78, 5) is 37.5. The van der Waals surface area contributed by atoms with Crippen molar-refractivity contribution >= 4 is 18.0 Å². The lowest BCUT2D eigenvalue weighted by Crippen LogP contribution is -2.65. The Labute approximate surface area is 203 Å². The molecule has 0 unspecified atom stereocenters. The van der Waals surface area contributed by atoms with E-state index in [1.807, 2.05) is 6.92 Å². The van der Waals surface area contributed by atoms with E-state index < -0.39 is 16.8 Å². The number of carbonyl (C=O) groups excluding carboxylic acids is 2. The average Bonchev–Trinajstić information content (AvgIpc) is 2.80. The molecule has 4 saturated carbocycles. The smallest absolute Gasteiger partial charge is 0.309 e. The Morgan fingerprint density at radius 2 is 1.62 bits per heavy atom. The summed E-state index contributed by atoms with van der Waals surface area (Å²) in [7, 11) is 0. The molecule has 5 aliphatic carbocycles. The first-order valence-corrected chi connectivity index (χ1v) is 13.4. The van der Waals surface area contributed by atoms with Crippen LogP contribution in [0.1, 0.15) is 98.8 Å². The largest absolute Gasteiger partial charge is 0.504 e. The van der Waals surface area contributed by atoms with Gasteiger partial charge in [-0.2, -0.15) is 0 Å². The maximum atomic E-state index is 12.7. The fourth-order valence-corrected chi connectivity index (χ4v) is 10.2. The van der Waals surface area contributed by atoms with Gasteiger partial charge in [-0.1, -0.05) is 20.8 Å². The second-order valence-corrected chi connectivity index (χ2v) is 13.8. The molecular formula is C29H42O5. The van der Waals surface area contributed by atoms with E-state index in [4.69, 9.17) is 0 Å². The van der Waals surface area contributed by atoms with Crippen LogP contribution in [-0.2, 0) is 14.4 Å². The first kappa shape index (κ1) is 24.1. The molecule has 0 saturated heterocycles. The molecule has 0 amide bonds. The van der Waals surface area contributed by atoms with Gasteiger partial charge in [-0.25, -0.2) is 0 Å². The Morgan fingerprint density at radius 1 is 0.941 bits per heavy atom. The lowest BCUT2D eigenvalue weighted by molar-refractivity contribution is -0.224. The van der Waals surface area contributed by atoms with E-state index in [1.54, 1.807) is 6.92 Å². The second kappa shape index (κ2) is 7.20. The summed E-state index contributed by atoms with van der Waals surface area (Å²) in [6.07, 6.45) is 9.71. The van der Waals surface area contributed by atoms with Crippen molar-refractivity contribution in [2.45, 2.75) is 98.8 Å². The van der Waals surface area contributed by atoms with Gasteiger partial charge in [0.2, 0.25) is 0 Å². The van der Waals surface area contributed by atoms with E-state index in [0.717, 1.165) is 57.7 Å². The van der Waals surface area contributed by atoms with Gasteiger partial charge in [0.15, 0.2) is 11.5 Å². The number of rotatable bonds is 2. The highest BCUT2D eigenvalue weighted by Crippen LogP contribution is 2.75. The van der Waals surface area contributed by atoms with Gasteiger partial charge in [0.25, 0.3) is 0 Å². The van der Waals surface area contributed by atoms with Gasteiger partial charge in [0, 0.05) is 6.42 Å². The van der Waals surface area contributed by atoms with Crippen LogP contribution in [0.5, 0.6) is 0 Å². The molecule has 5 rings (SSSR count). The molecule has 5 heteroatoms. The molecule has 9 atom stereocenters. The lowest BCUT2D eigenvalue weighted by atomic mass is 9.33. The van der Waals surface area contributed by atoms with Crippen molar-refractivity contribution in [3.63, 3.8) is 0 Å². The Bertz CT molecular complexity index is 983. The molecule has 0 aromatic heterocycles. The molecular weight excluding hydrogens is 428 g/mol. The summed E-state index contributed by atoms with van der Waals surface area (Å²) in [5.41, 5.74) is -0.488. The van der Waals surface area contributed by atoms with Crippen LogP contribution >= 0.6 is 0 Å². The molecule has 0 aromatic rings. The highest BCUT2D eigenvalue weighted by atomic mass is 16.4. The fraction of sp³-hybridized carbons (Fsp3) is 0.828. The van der Waals surface area contributed by atoms with Crippen molar-refractivity contribution in [2.75, 3.05) is 0 Å². The molecule has 5 nitrogen and oxygen atoms in total. The van der Waals surface area contributed by atoms with Gasteiger partial charge in [-0.05, 0) is 117 Å². The maximum absolute atomic E-state index is 12.7. The minimum absolute atomic E-state index is 0.0301. The molecule has 4 fully saturated rings. The molecule has 0 aromatic carbocycles. The van der Waals surface area contributed by atoms with Crippen LogP contribution in [0, 0.1) is 50.7 Å². The van der Waals surface area contributed by atoms with Crippen molar-refractivity contribution in [3.8, 4) is 0 Å². The van der Waals surface area contributed by atoms with Crippen molar-refractivity contribution in [2.24, 2.45) is 50.7 Å². The molecule has 0 spiro atoms. The van der Waals surface area contributed by atoms with Crippen LogP contribution in [-0.4, -0.2) is 28.3 Å². The van der Waals surface area contributed by atoms with Crippen molar-refractivity contribution < 1.29 is 24.6 Å². The van der Waals surface area contributed by atoms with Crippen molar-refractivity contribution in [1.29, 1.82) is 0 Å². The summed E-state index contributed by atoms with van der Waals surface area (Å²) < 4.78 is 0. The zero-order chi connectivity index (χ0) is 24.9. The maximum Gasteiger partial charge on any atom is 0.309 e. The predicted octanol–water partition coefficient (Wildman–Crippen LogP) is 6.12. The number of carboxylic acid groups (broad SMARTS) is 1. The normalized spacial score (nSPS) is 52.7. The molecule has 0 aliphatic heterocycles. The zero-order valence-corrected chi connectivity index (χ0v) is 21.6. The number of aliphatic hydroxyl groups is 1. The second-order valence-electron chi connectivity index (χ2n) is 13.8. The van der Waals surface area contributed by atoms with E-state index in [1.165, 1.54) is 0 Å². The van der Waals surface area contributed by atoms with Gasteiger partial charge >= 0.3 is 5.97 Å². The molecule has 188 valence electrons. The topological polar surface area (TPSA) is 91.7 Å². The summed E-state index contributed by atoms with van der Waals surface area (Å²) >= 11 is 0. The standard InChI is InChI=1S/C29H42O5/c1-17-23(32)21(31)14-20-18-6-8-28(5)22-15-26(3,24(33)34)11-10-25(22,2)12-13-27(28,4)19(18)7-9-29(17,20)16-30/h16,18-20,22,32H,6-15H2,1-5H3,(H,33,34)/t18-,19+,20-,22-,25-,26-,27-,28+,29+/m1/s1. The van der Waals surface area contributed by atoms with Crippen molar-refractivity contribution in [3.05, 3.63) is 11.3 Å². The van der Waals surface area contributed by atoms with Crippen LogP contribution in [0.3, 0.4) is 0 Å². The summed E-state index contributed by atoms with van der Waals surface area (Å²) in [6.45, 7) is 11.0. The highest BCUT2D eigenvalue weighted by molar-refractivity contribution is 5.97. The number of aldehydes is 1. The molecule has 34 heavy (non-hydrogen) atoms. The first-order valence-electron chi connectivity index (χ1n) is 13.4. The fourth-order valence-electron chi connectivity index (χ4n) is 10.2. The van der Waals surface area contributed by atoms with Crippen molar-refractivity contribution in [1.82, 2.24) is 0 Å². The van der Waals surface area contributed by atoms with Gasteiger partial charge in [-0.3, -0.25) is 9.59 Å². The van der Waals surface area contributed by atoms with Gasteiger partial charge < -0.3 is 15.0 Å². The monoisotopic (exact) mass is 470 g/mol. The number of aliphatic hydroxyl groups excluding tert-OH is 1. The number of carboxylic acids is 1. The number of allylic oxidation sites excluding steroid dienone is 2. The zero-order valence-electron chi connectivity index (χ0n) is 21.6. The van der Waals surface area contributed by atoms with E-state index in [2.05, 4.69) is 20.8 Å². The van der Waals surface area contributed by atoms with Crippen LogP contribution in [0.2, 0.25) is 0 Å². The van der Waals surface area contributed by atoms with E-state index in [9.17, 15) is 24.6 Å². The van der Waals surface area contributed by atoms with E-state index in [-0.39, 0.29) is 40.1 Å². The summed E-state index contributed by atoms with van der Waals surface area (Å²) in [5, 5.41) is 20.5. The molecule has 5 aliphatic rings. The third kappa shape index (κ3) is 2.76. The molecule has 0 radical (unpaired) electrons. The summed E-state index contributed by atoms with van der Waals surface area (Å²) in [6, 6.07) is 0. The Kier molecular flexibility index (Phi) is 5.09.